The maximum absolute atomic E-state index is 6.28. The molecule has 1 fully saturated rings. The van der Waals surface area contributed by atoms with Crippen molar-refractivity contribution in [3.05, 3.63) is 0 Å². The Morgan fingerprint density at radius 1 is 1.12 bits per heavy atom. The molecule has 1 atom stereocenters. The van der Waals surface area contributed by atoms with Crippen LogP contribution in [0.15, 0.2) is 0 Å². The van der Waals surface area contributed by atoms with E-state index in [-0.39, 0.29) is 0 Å². The SMILES string of the molecule is CCC(C)(C)C1CCC(C(N)C(C)C)CC1. The van der Waals surface area contributed by atoms with Gasteiger partial charge in [-0.3, -0.25) is 0 Å². The molecule has 1 rings (SSSR count). The molecule has 1 aliphatic rings. The monoisotopic (exact) mass is 225 g/mol. The quantitative estimate of drug-likeness (QED) is 0.762. The summed E-state index contributed by atoms with van der Waals surface area (Å²) in [4.78, 5) is 0. The van der Waals surface area contributed by atoms with Gasteiger partial charge in [0.25, 0.3) is 0 Å². The first-order valence-corrected chi connectivity index (χ1v) is 7.14. The van der Waals surface area contributed by atoms with Crippen molar-refractivity contribution in [3.8, 4) is 0 Å². The Morgan fingerprint density at radius 2 is 1.62 bits per heavy atom. The summed E-state index contributed by atoms with van der Waals surface area (Å²) in [5.74, 6) is 2.35. The summed E-state index contributed by atoms with van der Waals surface area (Å²) in [5, 5.41) is 0. The highest BCUT2D eigenvalue weighted by Crippen LogP contribution is 2.43. The summed E-state index contributed by atoms with van der Waals surface area (Å²) in [6, 6.07) is 0.422. The molecule has 0 aromatic heterocycles. The zero-order valence-electron chi connectivity index (χ0n) is 11.9. The van der Waals surface area contributed by atoms with E-state index in [1.54, 1.807) is 0 Å². The molecule has 0 bridgehead atoms. The van der Waals surface area contributed by atoms with Crippen molar-refractivity contribution in [1.82, 2.24) is 0 Å². The van der Waals surface area contributed by atoms with E-state index in [2.05, 4.69) is 34.6 Å². The van der Waals surface area contributed by atoms with Crippen molar-refractivity contribution in [2.75, 3.05) is 0 Å². The highest BCUT2D eigenvalue weighted by molar-refractivity contribution is 4.86. The molecule has 1 unspecified atom stereocenters. The fourth-order valence-electron chi connectivity index (χ4n) is 3.12. The van der Waals surface area contributed by atoms with Crippen LogP contribution in [0, 0.1) is 23.2 Å². The lowest BCUT2D eigenvalue weighted by Gasteiger charge is -2.41. The molecule has 0 aliphatic heterocycles. The van der Waals surface area contributed by atoms with Crippen LogP contribution in [0.1, 0.15) is 66.7 Å². The number of hydrogen-bond acceptors (Lipinski definition) is 1. The standard InChI is InChI=1S/C15H31N/c1-6-15(4,5)13-9-7-12(8-10-13)14(16)11(2)3/h11-14H,6-10,16H2,1-5H3. The third-order valence-corrected chi connectivity index (χ3v) is 5.10. The van der Waals surface area contributed by atoms with E-state index in [0.29, 0.717) is 17.4 Å². The van der Waals surface area contributed by atoms with Crippen LogP contribution in [0.5, 0.6) is 0 Å². The average Bonchev–Trinajstić information content (AvgIpc) is 2.28. The van der Waals surface area contributed by atoms with Gasteiger partial charge < -0.3 is 5.73 Å². The minimum absolute atomic E-state index is 0.422. The molecule has 16 heavy (non-hydrogen) atoms. The van der Waals surface area contributed by atoms with Crippen LogP contribution in [0.3, 0.4) is 0 Å². The Labute approximate surface area is 102 Å². The van der Waals surface area contributed by atoms with Gasteiger partial charge in [-0.15, -0.1) is 0 Å². The molecule has 1 heteroatoms. The molecule has 0 radical (unpaired) electrons. The zero-order valence-corrected chi connectivity index (χ0v) is 11.9. The smallest absolute Gasteiger partial charge is 0.00903 e. The van der Waals surface area contributed by atoms with E-state index in [0.717, 1.165) is 11.8 Å². The van der Waals surface area contributed by atoms with Crippen molar-refractivity contribution >= 4 is 0 Å². The lowest BCUT2D eigenvalue weighted by molar-refractivity contribution is 0.113. The van der Waals surface area contributed by atoms with Gasteiger partial charge in [0.15, 0.2) is 0 Å². The first kappa shape index (κ1) is 14.0. The molecule has 0 amide bonds. The molecule has 0 aromatic rings. The molecule has 0 aromatic carbocycles. The molecule has 96 valence electrons. The summed E-state index contributed by atoms with van der Waals surface area (Å²) >= 11 is 0. The maximum Gasteiger partial charge on any atom is 0.00903 e. The Balaban J connectivity index is 2.45. The fraction of sp³-hybridized carbons (Fsp3) is 1.00. The van der Waals surface area contributed by atoms with Crippen molar-refractivity contribution < 1.29 is 0 Å². The van der Waals surface area contributed by atoms with Crippen LogP contribution in [0.2, 0.25) is 0 Å². The van der Waals surface area contributed by atoms with Crippen LogP contribution in [-0.4, -0.2) is 6.04 Å². The first-order chi connectivity index (χ1) is 7.38. The molecule has 1 saturated carbocycles. The molecule has 2 N–H and O–H groups in total. The fourth-order valence-corrected chi connectivity index (χ4v) is 3.12. The van der Waals surface area contributed by atoms with Gasteiger partial charge in [0.05, 0.1) is 0 Å². The highest BCUT2D eigenvalue weighted by Gasteiger charge is 2.33. The second-order valence-corrected chi connectivity index (χ2v) is 6.78. The van der Waals surface area contributed by atoms with Crippen LogP contribution < -0.4 is 5.73 Å². The average molecular weight is 225 g/mol. The van der Waals surface area contributed by atoms with E-state index >= 15 is 0 Å². The molecule has 1 nitrogen and oxygen atoms in total. The van der Waals surface area contributed by atoms with Crippen molar-refractivity contribution in [2.24, 2.45) is 28.9 Å². The highest BCUT2D eigenvalue weighted by atomic mass is 14.7. The van der Waals surface area contributed by atoms with Crippen LogP contribution >= 0.6 is 0 Å². The van der Waals surface area contributed by atoms with Crippen molar-refractivity contribution in [1.29, 1.82) is 0 Å². The van der Waals surface area contributed by atoms with Gasteiger partial charge in [-0.1, -0.05) is 41.0 Å². The topological polar surface area (TPSA) is 26.0 Å². The Hall–Kier alpha value is -0.0400. The number of hydrogen-bond donors (Lipinski definition) is 1. The summed E-state index contributed by atoms with van der Waals surface area (Å²) in [7, 11) is 0. The van der Waals surface area contributed by atoms with E-state index < -0.39 is 0 Å². The van der Waals surface area contributed by atoms with Gasteiger partial charge in [-0.05, 0) is 48.9 Å². The minimum atomic E-state index is 0.422. The van der Waals surface area contributed by atoms with E-state index in [4.69, 9.17) is 5.73 Å². The summed E-state index contributed by atoms with van der Waals surface area (Å²) in [6.45, 7) is 11.7. The van der Waals surface area contributed by atoms with E-state index in [9.17, 15) is 0 Å². The molecule has 0 spiro atoms. The van der Waals surface area contributed by atoms with Gasteiger partial charge in [0.2, 0.25) is 0 Å². The van der Waals surface area contributed by atoms with Crippen molar-refractivity contribution in [3.63, 3.8) is 0 Å². The molecular formula is C15H31N. The van der Waals surface area contributed by atoms with Crippen molar-refractivity contribution in [2.45, 2.75) is 72.8 Å². The predicted molar refractivity (Wildman–Crippen MR) is 72.3 cm³/mol. The first-order valence-electron chi connectivity index (χ1n) is 7.14. The van der Waals surface area contributed by atoms with Crippen LogP contribution in [0.4, 0.5) is 0 Å². The zero-order chi connectivity index (χ0) is 12.3. The normalized spacial score (nSPS) is 29.4. The number of rotatable bonds is 4. The second-order valence-electron chi connectivity index (χ2n) is 6.78. The Bertz CT molecular complexity index is 199. The lowest BCUT2D eigenvalue weighted by Crippen LogP contribution is -2.39. The predicted octanol–water partition coefficient (Wildman–Crippen LogP) is 4.21. The third kappa shape index (κ3) is 3.23. The largest absolute Gasteiger partial charge is 0.327 e. The molecule has 1 aliphatic carbocycles. The summed E-state index contributed by atoms with van der Waals surface area (Å²) < 4.78 is 0. The van der Waals surface area contributed by atoms with Gasteiger partial charge in [0.1, 0.15) is 0 Å². The van der Waals surface area contributed by atoms with E-state index in [1.807, 2.05) is 0 Å². The van der Waals surface area contributed by atoms with Crippen LogP contribution in [-0.2, 0) is 0 Å². The summed E-state index contributed by atoms with van der Waals surface area (Å²) in [6.07, 6.45) is 6.80. The molecule has 0 heterocycles. The third-order valence-electron chi connectivity index (χ3n) is 5.10. The van der Waals surface area contributed by atoms with E-state index in [1.165, 1.54) is 32.1 Å². The van der Waals surface area contributed by atoms with Gasteiger partial charge in [-0.2, -0.15) is 0 Å². The van der Waals surface area contributed by atoms with Gasteiger partial charge in [-0.25, -0.2) is 0 Å². The molecular weight excluding hydrogens is 194 g/mol. The summed E-state index contributed by atoms with van der Waals surface area (Å²) in [5.41, 5.74) is 6.81. The Kier molecular flexibility index (Phi) is 4.85. The van der Waals surface area contributed by atoms with Gasteiger partial charge >= 0.3 is 0 Å². The number of nitrogens with two attached hydrogens (primary N) is 1. The van der Waals surface area contributed by atoms with Gasteiger partial charge in [0, 0.05) is 6.04 Å². The molecule has 0 saturated heterocycles. The lowest BCUT2D eigenvalue weighted by atomic mass is 9.66. The minimum Gasteiger partial charge on any atom is -0.327 e. The Morgan fingerprint density at radius 3 is 2.00 bits per heavy atom. The van der Waals surface area contributed by atoms with Crippen LogP contribution in [0.25, 0.3) is 0 Å². The second kappa shape index (κ2) is 5.53. The maximum atomic E-state index is 6.28.